The van der Waals surface area contributed by atoms with E-state index < -0.39 is 0 Å². The number of carbonyl (C=O) groups excluding carboxylic acids is 1. The molecule has 0 aromatic heterocycles. The second kappa shape index (κ2) is 10.3. The van der Waals surface area contributed by atoms with E-state index in [-0.39, 0.29) is 12.5 Å². The Hall–Kier alpha value is -2.79. The van der Waals surface area contributed by atoms with Crippen molar-refractivity contribution in [3.8, 4) is 11.5 Å². The summed E-state index contributed by atoms with van der Waals surface area (Å²) >= 11 is 0. The van der Waals surface area contributed by atoms with E-state index in [1.165, 1.54) is 0 Å². The predicted octanol–water partition coefficient (Wildman–Crippen LogP) is 3.86. The topological polar surface area (TPSA) is 59.6 Å². The summed E-state index contributed by atoms with van der Waals surface area (Å²) in [6.07, 6.45) is 3.92. The van der Waals surface area contributed by atoms with E-state index in [1.54, 1.807) is 13.2 Å². The summed E-state index contributed by atoms with van der Waals surface area (Å²) in [6, 6.07) is 13.3. The number of para-hydroxylation sites is 1. The van der Waals surface area contributed by atoms with Crippen LogP contribution < -0.4 is 20.1 Å². The van der Waals surface area contributed by atoms with Gasteiger partial charge < -0.3 is 20.1 Å². The Morgan fingerprint density at radius 2 is 1.96 bits per heavy atom. The number of benzene rings is 2. The van der Waals surface area contributed by atoms with Gasteiger partial charge in [-0.25, -0.2) is 0 Å². The molecule has 0 unspecified atom stereocenters. The number of hydrogen-bond acceptors (Lipinski definition) is 4. The van der Waals surface area contributed by atoms with Crippen LogP contribution in [0.3, 0.4) is 0 Å². The average molecular weight is 354 g/mol. The third kappa shape index (κ3) is 5.63. The minimum atomic E-state index is -0.214. The number of rotatable bonds is 9. The highest BCUT2D eigenvalue weighted by molar-refractivity contribution is 5.92. The zero-order chi connectivity index (χ0) is 18.8. The number of methoxy groups -OCH3 is 1. The molecule has 0 aliphatic rings. The molecule has 26 heavy (non-hydrogen) atoms. The number of hydrogen-bond donors (Lipinski definition) is 2. The highest BCUT2D eigenvalue weighted by atomic mass is 16.5. The van der Waals surface area contributed by atoms with Gasteiger partial charge in [0.25, 0.3) is 5.91 Å². The Balaban J connectivity index is 1.99. The van der Waals surface area contributed by atoms with Gasteiger partial charge >= 0.3 is 0 Å². The van der Waals surface area contributed by atoms with Gasteiger partial charge in [-0.05, 0) is 42.8 Å². The monoisotopic (exact) mass is 354 g/mol. The molecule has 0 fully saturated rings. The maximum Gasteiger partial charge on any atom is 0.262 e. The first-order valence-corrected chi connectivity index (χ1v) is 8.70. The van der Waals surface area contributed by atoms with Gasteiger partial charge in [-0.2, -0.15) is 0 Å². The van der Waals surface area contributed by atoms with Crippen LogP contribution in [0.5, 0.6) is 11.5 Å². The molecular formula is C21H26N2O3. The number of carbonyl (C=O) groups is 1. The third-order valence-corrected chi connectivity index (χ3v) is 3.76. The van der Waals surface area contributed by atoms with E-state index in [0.29, 0.717) is 18.0 Å². The normalized spacial score (nSPS) is 10.7. The quantitative estimate of drug-likeness (QED) is 0.718. The molecule has 0 heterocycles. The summed E-state index contributed by atoms with van der Waals surface area (Å²) in [4.78, 5) is 12.3. The van der Waals surface area contributed by atoms with Crippen LogP contribution in [0.2, 0.25) is 0 Å². The second-order valence-corrected chi connectivity index (χ2v) is 5.68. The van der Waals surface area contributed by atoms with E-state index in [0.717, 1.165) is 23.4 Å². The molecular weight excluding hydrogens is 328 g/mol. The summed E-state index contributed by atoms with van der Waals surface area (Å²) in [5.74, 6) is 0.923. The number of nitrogens with one attached hydrogen (secondary N) is 2. The van der Waals surface area contributed by atoms with E-state index in [4.69, 9.17) is 9.47 Å². The van der Waals surface area contributed by atoms with E-state index in [9.17, 15) is 4.79 Å². The van der Waals surface area contributed by atoms with Gasteiger partial charge in [0, 0.05) is 12.2 Å². The molecule has 0 atom stereocenters. The number of ether oxygens (including phenoxy) is 2. The van der Waals surface area contributed by atoms with Crippen LogP contribution in [0.25, 0.3) is 6.08 Å². The van der Waals surface area contributed by atoms with Crippen molar-refractivity contribution in [2.75, 3.05) is 25.6 Å². The molecule has 1 amide bonds. The largest absolute Gasteiger partial charge is 0.493 e. The van der Waals surface area contributed by atoms with Crippen LogP contribution in [0.1, 0.15) is 25.0 Å². The van der Waals surface area contributed by atoms with Gasteiger partial charge in [0.05, 0.1) is 7.11 Å². The third-order valence-electron chi connectivity index (χ3n) is 3.76. The lowest BCUT2D eigenvalue weighted by atomic mass is 10.1. The SMILES string of the molecule is C/C=C/c1ccc(OCC(=O)Nc2ccccc2CNCC)c(OC)c1. The van der Waals surface area contributed by atoms with Crippen molar-refractivity contribution in [3.63, 3.8) is 0 Å². The van der Waals surface area contributed by atoms with E-state index in [2.05, 4.69) is 10.6 Å². The maximum absolute atomic E-state index is 12.3. The Bertz CT molecular complexity index is 757. The molecule has 2 rings (SSSR count). The first kappa shape index (κ1) is 19.5. The highest BCUT2D eigenvalue weighted by Gasteiger charge is 2.10. The molecule has 0 saturated heterocycles. The standard InChI is InChI=1S/C21H26N2O3/c1-4-8-16-11-12-19(20(13-16)25-3)26-15-21(24)23-18-10-7-6-9-17(18)14-22-5-2/h4,6-13,22H,5,14-15H2,1-3H3,(H,23,24)/b8-4+. The lowest BCUT2D eigenvalue weighted by molar-refractivity contribution is -0.118. The zero-order valence-electron chi connectivity index (χ0n) is 15.5. The van der Waals surface area contributed by atoms with Gasteiger partial charge in [0.2, 0.25) is 0 Å². The van der Waals surface area contributed by atoms with Gasteiger partial charge in [0.1, 0.15) is 0 Å². The molecule has 0 saturated carbocycles. The smallest absolute Gasteiger partial charge is 0.262 e. The van der Waals surface area contributed by atoms with Crippen molar-refractivity contribution >= 4 is 17.7 Å². The maximum atomic E-state index is 12.3. The van der Waals surface area contributed by atoms with Gasteiger partial charge in [-0.1, -0.05) is 43.3 Å². The molecule has 2 aromatic carbocycles. The average Bonchev–Trinajstić information content (AvgIpc) is 2.66. The second-order valence-electron chi connectivity index (χ2n) is 5.68. The molecule has 0 aliphatic carbocycles. The fourth-order valence-electron chi connectivity index (χ4n) is 2.49. The van der Waals surface area contributed by atoms with Crippen molar-refractivity contribution in [3.05, 3.63) is 59.7 Å². The number of allylic oxidation sites excluding steroid dienone is 1. The van der Waals surface area contributed by atoms with E-state index in [1.807, 2.05) is 62.4 Å². The van der Waals surface area contributed by atoms with Crippen LogP contribution in [0.4, 0.5) is 5.69 Å². The van der Waals surface area contributed by atoms with Crippen LogP contribution in [-0.4, -0.2) is 26.2 Å². The van der Waals surface area contributed by atoms with Crippen molar-refractivity contribution in [1.29, 1.82) is 0 Å². The predicted molar refractivity (Wildman–Crippen MR) is 106 cm³/mol. The molecule has 5 nitrogen and oxygen atoms in total. The minimum Gasteiger partial charge on any atom is -0.493 e. The Labute approximate surface area is 155 Å². The first-order chi connectivity index (χ1) is 12.7. The molecule has 2 aromatic rings. The summed E-state index contributed by atoms with van der Waals surface area (Å²) in [6.45, 7) is 5.48. The summed E-state index contributed by atoms with van der Waals surface area (Å²) in [7, 11) is 1.58. The highest BCUT2D eigenvalue weighted by Crippen LogP contribution is 2.28. The van der Waals surface area contributed by atoms with Crippen molar-refractivity contribution in [1.82, 2.24) is 5.32 Å². The van der Waals surface area contributed by atoms with Crippen molar-refractivity contribution in [2.45, 2.75) is 20.4 Å². The summed E-state index contributed by atoms with van der Waals surface area (Å²) in [5, 5.41) is 6.16. The lowest BCUT2D eigenvalue weighted by Gasteiger charge is -2.13. The van der Waals surface area contributed by atoms with Crippen LogP contribution in [0, 0.1) is 0 Å². The minimum absolute atomic E-state index is 0.0884. The van der Waals surface area contributed by atoms with Gasteiger partial charge in [-0.15, -0.1) is 0 Å². The zero-order valence-corrected chi connectivity index (χ0v) is 15.5. The van der Waals surface area contributed by atoms with E-state index >= 15 is 0 Å². The van der Waals surface area contributed by atoms with Crippen LogP contribution in [0.15, 0.2) is 48.5 Å². The molecule has 138 valence electrons. The van der Waals surface area contributed by atoms with Crippen LogP contribution >= 0.6 is 0 Å². The number of amides is 1. The molecule has 0 bridgehead atoms. The molecule has 0 radical (unpaired) electrons. The summed E-state index contributed by atoms with van der Waals surface area (Å²) < 4.78 is 11.0. The molecule has 5 heteroatoms. The molecule has 0 aliphatic heterocycles. The first-order valence-electron chi connectivity index (χ1n) is 8.70. The fraction of sp³-hybridized carbons (Fsp3) is 0.286. The van der Waals surface area contributed by atoms with Gasteiger partial charge in [0.15, 0.2) is 18.1 Å². The summed E-state index contributed by atoms with van der Waals surface area (Å²) in [5.41, 5.74) is 2.84. The molecule has 0 spiro atoms. The lowest BCUT2D eigenvalue weighted by Crippen LogP contribution is -2.22. The van der Waals surface area contributed by atoms with Crippen molar-refractivity contribution in [2.24, 2.45) is 0 Å². The van der Waals surface area contributed by atoms with Gasteiger partial charge in [-0.3, -0.25) is 4.79 Å². The Morgan fingerprint density at radius 3 is 2.69 bits per heavy atom. The number of anilines is 1. The fourth-order valence-corrected chi connectivity index (χ4v) is 2.49. The Kier molecular flexibility index (Phi) is 7.71. The van der Waals surface area contributed by atoms with Crippen LogP contribution in [-0.2, 0) is 11.3 Å². The van der Waals surface area contributed by atoms with Crippen molar-refractivity contribution < 1.29 is 14.3 Å². The molecule has 2 N–H and O–H groups in total. The Morgan fingerprint density at radius 1 is 1.15 bits per heavy atom.